The number of ether oxygens (including phenoxy) is 1. The number of aryl methyl sites for hydroxylation is 1. The Morgan fingerprint density at radius 3 is 2.86 bits per heavy atom. The summed E-state index contributed by atoms with van der Waals surface area (Å²) in [5.41, 5.74) is 1.16. The molecular weight excluding hydrogens is 282 g/mol. The van der Waals surface area contributed by atoms with Crippen molar-refractivity contribution in [1.29, 1.82) is 0 Å². The highest BCUT2D eigenvalue weighted by Gasteiger charge is 2.13. The van der Waals surface area contributed by atoms with Crippen LogP contribution in [0.4, 0.5) is 0 Å². The lowest BCUT2D eigenvalue weighted by Gasteiger charge is -2.15. The summed E-state index contributed by atoms with van der Waals surface area (Å²) in [6.45, 7) is 4.01. The Morgan fingerprint density at radius 1 is 1.45 bits per heavy atom. The number of aliphatic hydroxyl groups excluding tert-OH is 1. The Bertz CT molecular complexity index is 637. The van der Waals surface area contributed by atoms with Gasteiger partial charge in [-0.25, -0.2) is 0 Å². The zero-order valence-corrected chi connectivity index (χ0v) is 13.0. The average molecular weight is 303 g/mol. The minimum Gasteiger partial charge on any atom is -0.491 e. The van der Waals surface area contributed by atoms with Crippen molar-refractivity contribution in [2.24, 2.45) is 7.05 Å². The number of carbonyl (C=O) groups excluding carboxylic acids is 1. The SMILES string of the molecule is CC(C)Oc1cccc(C(O)CNC(=O)c2cnn(C)c2)c1. The van der Waals surface area contributed by atoms with E-state index in [2.05, 4.69) is 10.4 Å². The summed E-state index contributed by atoms with van der Waals surface area (Å²) in [5.74, 6) is 0.437. The highest BCUT2D eigenvalue weighted by Crippen LogP contribution is 2.20. The molecule has 1 amide bonds. The maximum absolute atomic E-state index is 11.9. The molecule has 2 N–H and O–H groups in total. The largest absolute Gasteiger partial charge is 0.491 e. The monoisotopic (exact) mass is 303 g/mol. The van der Waals surface area contributed by atoms with E-state index in [1.54, 1.807) is 30.1 Å². The predicted octanol–water partition coefficient (Wildman–Crippen LogP) is 1.67. The van der Waals surface area contributed by atoms with Gasteiger partial charge in [0.15, 0.2) is 0 Å². The zero-order valence-electron chi connectivity index (χ0n) is 13.0. The first-order chi connectivity index (χ1) is 10.5. The van der Waals surface area contributed by atoms with Gasteiger partial charge in [0.05, 0.1) is 24.0 Å². The summed E-state index contributed by atoms with van der Waals surface area (Å²) < 4.78 is 7.15. The van der Waals surface area contributed by atoms with Gasteiger partial charge < -0.3 is 15.2 Å². The van der Waals surface area contributed by atoms with Gasteiger partial charge in [0.25, 0.3) is 5.91 Å². The van der Waals surface area contributed by atoms with Crippen molar-refractivity contribution in [1.82, 2.24) is 15.1 Å². The van der Waals surface area contributed by atoms with E-state index < -0.39 is 6.10 Å². The lowest BCUT2D eigenvalue weighted by Crippen LogP contribution is -2.28. The van der Waals surface area contributed by atoms with Gasteiger partial charge in [0, 0.05) is 19.8 Å². The molecule has 6 nitrogen and oxygen atoms in total. The number of nitrogens with one attached hydrogen (secondary N) is 1. The van der Waals surface area contributed by atoms with Crippen molar-refractivity contribution in [2.75, 3.05) is 6.54 Å². The molecule has 0 aliphatic carbocycles. The van der Waals surface area contributed by atoms with Crippen molar-refractivity contribution in [3.63, 3.8) is 0 Å². The molecule has 0 radical (unpaired) electrons. The molecule has 1 atom stereocenters. The van der Waals surface area contributed by atoms with Crippen molar-refractivity contribution < 1.29 is 14.6 Å². The van der Waals surface area contributed by atoms with Gasteiger partial charge in [0.2, 0.25) is 0 Å². The first kappa shape index (κ1) is 16.0. The van der Waals surface area contributed by atoms with Crippen LogP contribution >= 0.6 is 0 Å². The summed E-state index contributed by atoms with van der Waals surface area (Å²) in [7, 11) is 1.74. The highest BCUT2D eigenvalue weighted by atomic mass is 16.5. The molecule has 0 aliphatic rings. The van der Waals surface area contributed by atoms with Crippen molar-refractivity contribution >= 4 is 5.91 Å². The molecule has 0 saturated heterocycles. The number of hydrogen-bond donors (Lipinski definition) is 2. The van der Waals surface area contributed by atoms with Crippen molar-refractivity contribution in [2.45, 2.75) is 26.1 Å². The number of carbonyl (C=O) groups is 1. The van der Waals surface area contributed by atoms with Crippen LogP contribution in [0.1, 0.15) is 35.9 Å². The average Bonchev–Trinajstić information content (AvgIpc) is 2.90. The molecule has 0 fully saturated rings. The van der Waals surface area contributed by atoms with Gasteiger partial charge >= 0.3 is 0 Å². The summed E-state index contributed by atoms with van der Waals surface area (Å²) in [5, 5.41) is 16.8. The molecule has 1 aromatic carbocycles. The molecular formula is C16H21N3O3. The number of aliphatic hydroxyl groups is 1. The van der Waals surface area contributed by atoms with Crippen LogP contribution in [-0.2, 0) is 7.05 Å². The second-order valence-electron chi connectivity index (χ2n) is 5.37. The van der Waals surface area contributed by atoms with Gasteiger partial charge in [-0.3, -0.25) is 9.48 Å². The van der Waals surface area contributed by atoms with E-state index in [9.17, 15) is 9.90 Å². The molecule has 0 bridgehead atoms. The second kappa shape index (κ2) is 7.09. The lowest BCUT2D eigenvalue weighted by atomic mass is 10.1. The standard InChI is InChI=1S/C16H21N3O3/c1-11(2)22-14-6-4-5-12(7-14)15(20)9-17-16(21)13-8-18-19(3)10-13/h4-8,10-11,15,20H,9H2,1-3H3,(H,17,21). The number of rotatable bonds is 6. The van der Waals surface area contributed by atoms with Crippen LogP contribution in [0.3, 0.4) is 0 Å². The molecule has 118 valence electrons. The first-order valence-electron chi connectivity index (χ1n) is 7.17. The van der Waals surface area contributed by atoms with Crippen LogP contribution in [-0.4, -0.2) is 33.4 Å². The van der Waals surface area contributed by atoms with E-state index in [-0.39, 0.29) is 18.6 Å². The van der Waals surface area contributed by atoms with Crippen molar-refractivity contribution in [3.05, 3.63) is 47.8 Å². The molecule has 1 aromatic heterocycles. The topological polar surface area (TPSA) is 76.4 Å². The quantitative estimate of drug-likeness (QED) is 0.851. The second-order valence-corrected chi connectivity index (χ2v) is 5.37. The van der Waals surface area contributed by atoms with Crippen LogP contribution < -0.4 is 10.1 Å². The van der Waals surface area contributed by atoms with Crippen LogP contribution in [0.5, 0.6) is 5.75 Å². The molecule has 22 heavy (non-hydrogen) atoms. The lowest BCUT2D eigenvalue weighted by molar-refractivity contribution is 0.0916. The van der Waals surface area contributed by atoms with Crippen LogP contribution in [0, 0.1) is 0 Å². The van der Waals surface area contributed by atoms with Crippen molar-refractivity contribution in [3.8, 4) is 5.75 Å². The van der Waals surface area contributed by atoms with E-state index in [0.717, 1.165) is 0 Å². The fourth-order valence-electron chi connectivity index (χ4n) is 2.02. The summed E-state index contributed by atoms with van der Waals surface area (Å²) >= 11 is 0. The van der Waals surface area contributed by atoms with Gasteiger partial charge in [0.1, 0.15) is 5.75 Å². The molecule has 0 saturated carbocycles. The van der Waals surface area contributed by atoms with E-state index in [1.807, 2.05) is 26.0 Å². The number of hydrogen-bond acceptors (Lipinski definition) is 4. The number of amides is 1. The molecule has 1 heterocycles. The maximum Gasteiger partial charge on any atom is 0.254 e. The summed E-state index contributed by atoms with van der Waals surface area (Å²) in [6, 6.07) is 7.23. The Morgan fingerprint density at radius 2 is 2.23 bits per heavy atom. The summed E-state index contributed by atoms with van der Waals surface area (Å²) in [4.78, 5) is 11.9. The fraction of sp³-hybridized carbons (Fsp3) is 0.375. The third-order valence-electron chi connectivity index (χ3n) is 3.04. The van der Waals surface area contributed by atoms with Gasteiger partial charge in [-0.05, 0) is 31.5 Å². The maximum atomic E-state index is 11.9. The smallest absolute Gasteiger partial charge is 0.254 e. The molecule has 1 unspecified atom stereocenters. The van der Waals surface area contributed by atoms with Crippen LogP contribution in [0.15, 0.2) is 36.7 Å². The molecule has 0 aliphatic heterocycles. The van der Waals surface area contributed by atoms with Gasteiger partial charge in [-0.1, -0.05) is 12.1 Å². The minimum atomic E-state index is -0.795. The normalized spacial score (nSPS) is 12.2. The van der Waals surface area contributed by atoms with Gasteiger partial charge in [-0.2, -0.15) is 5.10 Å². The fourth-order valence-corrected chi connectivity index (χ4v) is 2.02. The number of benzene rings is 1. The van der Waals surface area contributed by atoms with E-state index in [0.29, 0.717) is 16.9 Å². The van der Waals surface area contributed by atoms with Crippen LogP contribution in [0.25, 0.3) is 0 Å². The number of nitrogens with zero attached hydrogens (tertiary/aromatic N) is 2. The zero-order chi connectivity index (χ0) is 16.1. The molecule has 2 aromatic rings. The first-order valence-corrected chi connectivity index (χ1v) is 7.17. The Labute approximate surface area is 129 Å². The highest BCUT2D eigenvalue weighted by molar-refractivity contribution is 5.93. The van der Waals surface area contributed by atoms with E-state index >= 15 is 0 Å². The molecule has 2 rings (SSSR count). The molecule has 0 spiro atoms. The minimum absolute atomic E-state index is 0.0673. The Hall–Kier alpha value is -2.34. The number of aromatic nitrogens is 2. The Balaban J connectivity index is 1.94. The third-order valence-corrected chi connectivity index (χ3v) is 3.04. The Kier molecular flexibility index (Phi) is 5.16. The van der Waals surface area contributed by atoms with Crippen LogP contribution in [0.2, 0.25) is 0 Å². The summed E-state index contributed by atoms with van der Waals surface area (Å²) in [6.07, 6.45) is 2.38. The third kappa shape index (κ3) is 4.33. The van der Waals surface area contributed by atoms with Gasteiger partial charge in [-0.15, -0.1) is 0 Å². The van der Waals surface area contributed by atoms with E-state index in [4.69, 9.17) is 4.74 Å². The molecule has 6 heteroatoms. The van der Waals surface area contributed by atoms with E-state index in [1.165, 1.54) is 6.20 Å². The predicted molar refractivity (Wildman–Crippen MR) is 82.7 cm³/mol.